The molecule has 0 fully saturated rings. The Kier molecular flexibility index (Phi) is 11.7. The first kappa shape index (κ1) is 37.6. The summed E-state index contributed by atoms with van der Waals surface area (Å²) in [6, 6.07) is 3.01. The molecule has 1 amide bonds. The van der Waals surface area contributed by atoms with E-state index in [0.29, 0.717) is 28.3 Å². The fourth-order valence-corrected chi connectivity index (χ4v) is 6.08. The molecule has 2 aromatic heterocycles. The van der Waals surface area contributed by atoms with Crippen LogP contribution in [0.1, 0.15) is 79.1 Å². The number of amides is 1. The number of rotatable bonds is 12. The number of hydrogen-bond donors (Lipinski definition) is 2. The molecule has 0 aliphatic rings. The van der Waals surface area contributed by atoms with Crippen LogP contribution in [0.2, 0.25) is 0 Å². The lowest BCUT2D eigenvalue weighted by Crippen LogP contribution is -2.41. The van der Waals surface area contributed by atoms with E-state index in [-0.39, 0.29) is 42.0 Å². The lowest BCUT2D eigenvalue weighted by Gasteiger charge is -2.27. The van der Waals surface area contributed by atoms with E-state index in [1.54, 1.807) is 38.5 Å². The Bertz CT molecular complexity index is 1980. The minimum Gasteiger partial charge on any atom is -0.481 e. The number of aryl methyl sites for hydroxylation is 4. The third-order valence-electron chi connectivity index (χ3n) is 8.22. The number of nitrogens with one attached hydrogen (secondary N) is 1. The number of pyridine rings is 1. The highest BCUT2D eigenvalue weighted by molar-refractivity contribution is 5.82. The first-order valence-corrected chi connectivity index (χ1v) is 15.8. The van der Waals surface area contributed by atoms with Gasteiger partial charge >= 0.3 is 12.1 Å². The zero-order chi connectivity index (χ0) is 36.9. The molecular weight excluding hydrogens is 659 g/mol. The highest BCUT2D eigenvalue weighted by Gasteiger charge is 2.36. The van der Waals surface area contributed by atoms with Gasteiger partial charge in [-0.25, -0.2) is 13.8 Å². The van der Waals surface area contributed by atoms with Gasteiger partial charge in [-0.2, -0.15) is 13.2 Å². The van der Waals surface area contributed by atoms with Crippen molar-refractivity contribution in [3.8, 4) is 23.0 Å². The molecule has 2 atom stereocenters. The minimum atomic E-state index is -4.85. The molecule has 0 aliphatic carbocycles. The molecule has 8 nitrogen and oxygen atoms in total. The van der Waals surface area contributed by atoms with Crippen molar-refractivity contribution in [3.05, 3.63) is 111 Å². The Balaban J connectivity index is 1.83. The third-order valence-corrected chi connectivity index (χ3v) is 8.22. The second kappa shape index (κ2) is 15.5. The van der Waals surface area contributed by atoms with Gasteiger partial charge in [0.1, 0.15) is 17.7 Å². The molecule has 0 saturated carbocycles. The lowest BCUT2D eigenvalue weighted by atomic mass is 9.90. The highest BCUT2D eigenvalue weighted by atomic mass is 19.4. The van der Waals surface area contributed by atoms with Crippen molar-refractivity contribution in [2.45, 2.75) is 78.7 Å². The number of carboxylic acid groups (broad SMARTS) is 1. The SMILES string of the molecule is CC#Cc1cc(-c2c(C)cc(F)cc2C)cc([C@H](CC(=O)O)NC(=O)[C@@H](CC(C)C)n2cc(CCn3ccnc3)c(C(F)(F)F)cc2=O)c1F. The van der Waals surface area contributed by atoms with E-state index < -0.39 is 59.3 Å². The summed E-state index contributed by atoms with van der Waals surface area (Å²) < 4.78 is 74.9. The fourth-order valence-electron chi connectivity index (χ4n) is 6.08. The van der Waals surface area contributed by atoms with Crippen molar-refractivity contribution in [3.63, 3.8) is 0 Å². The molecule has 4 rings (SSSR count). The largest absolute Gasteiger partial charge is 0.481 e. The van der Waals surface area contributed by atoms with Gasteiger partial charge in [0.15, 0.2) is 0 Å². The molecule has 0 aliphatic heterocycles. The van der Waals surface area contributed by atoms with Crippen molar-refractivity contribution in [2.75, 3.05) is 0 Å². The van der Waals surface area contributed by atoms with Crippen molar-refractivity contribution >= 4 is 11.9 Å². The summed E-state index contributed by atoms with van der Waals surface area (Å²) in [7, 11) is 0. The molecule has 0 bridgehead atoms. The van der Waals surface area contributed by atoms with Crippen molar-refractivity contribution in [2.24, 2.45) is 5.92 Å². The van der Waals surface area contributed by atoms with Crippen LogP contribution in [0.5, 0.6) is 0 Å². The zero-order valence-corrected chi connectivity index (χ0v) is 28.2. The maximum atomic E-state index is 16.1. The number of nitrogens with zero attached hydrogens (tertiary/aromatic N) is 3. The second-order valence-corrected chi connectivity index (χ2v) is 12.5. The molecule has 2 N–H and O–H groups in total. The molecule has 13 heteroatoms. The zero-order valence-electron chi connectivity index (χ0n) is 28.2. The molecule has 2 aromatic carbocycles. The van der Waals surface area contributed by atoms with E-state index in [1.807, 2.05) is 0 Å². The Morgan fingerprint density at radius 3 is 2.30 bits per heavy atom. The van der Waals surface area contributed by atoms with Crippen LogP contribution in [-0.4, -0.2) is 31.1 Å². The number of halogens is 5. The standard InChI is InChI=1S/C37H37F5N4O4/c1-6-7-24-15-26(34-22(4)13-27(38)14-23(34)5)16-28(35(24)39)30(18-33(48)49)44-36(50)31(12-21(2)3)46-19-25(8-10-45-11-9-43-20-45)29(17-32(46)47)37(40,41)42/h9,11,13-17,19-21,30-31H,8,10,12,18H2,1-5H3,(H,44,50)(H,48,49)/t30-,31+/m0/s1. The van der Waals surface area contributed by atoms with Crippen LogP contribution in [-0.2, 0) is 28.7 Å². The average Bonchev–Trinajstić information content (AvgIpc) is 3.53. The smallest absolute Gasteiger partial charge is 0.416 e. The number of carbonyl (C=O) groups is 2. The summed E-state index contributed by atoms with van der Waals surface area (Å²) in [4.78, 5) is 43.3. The van der Waals surface area contributed by atoms with Gasteiger partial charge in [-0.3, -0.25) is 14.4 Å². The number of benzene rings is 2. The maximum Gasteiger partial charge on any atom is 0.416 e. The molecule has 4 aromatic rings. The number of alkyl halides is 3. The van der Waals surface area contributed by atoms with Crippen LogP contribution in [0.4, 0.5) is 22.0 Å². The van der Waals surface area contributed by atoms with Crippen molar-refractivity contribution in [1.82, 2.24) is 19.4 Å². The second-order valence-electron chi connectivity index (χ2n) is 12.5. The molecule has 0 spiro atoms. The van der Waals surface area contributed by atoms with E-state index >= 15 is 4.39 Å². The van der Waals surface area contributed by atoms with E-state index in [9.17, 15) is 37.1 Å². The third kappa shape index (κ3) is 8.85. The molecule has 0 unspecified atom stereocenters. The monoisotopic (exact) mass is 696 g/mol. The van der Waals surface area contributed by atoms with E-state index in [4.69, 9.17) is 0 Å². The van der Waals surface area contributed by atoms with Crippen LogP contribution in [0.3, 0.4) is 0 Å². The van der Waals surface area contributed by atoms with E-state index in [2.05, 4.69) is 22.1 Å². The summed E-state index contributed by atoms with van der Waals surface area (Å²) in [5.41, 5.74) is -0.759. The quantitative estimate of drug-likeness (QED) is 0.121. The van der Waals surface area contributed by atoms with Crippen LogP contribution < -0.4 is 10.9 Å². The highest BCUT2D eigenvalue weighted by Crippen LogP contribution is 2.35. The number of aromatic nitrogens is 3. The van der Waals surface area contributed by atoms with E-state index in [1.165, 1.54) is 43.7 Å². The van der Waals surface area contributed by atoms with Gasteiger partial charge in [0.25, 0.3) is 5.56 Å². The summed E-state index contributed by atoms with van der Waals surface area (Å²) >= 11 is 0. The first-order chi connectivity index (χ1) is 23.5. The van der Waals surface area contributed by atoms with Crippen LogP contribution in [0.25, 0.3) is 11.1 Å². The molecular formula is C37H37F5N4O4. The Morgan fingerprint density at radius 1 is 1.06 bits per heavy atom. The van der Waals surface area contributed by atoms with Gasteiger partial charge < -0.3 is 19.6 Å². The number of carboxylic acids is 1. The van der Waals surface area contributed by atoms with Crippen molar-refractivity contribution < 1.29 is 36.6 Å². The topological polar surface area (TPSA) is 106 Å². The number of aliphatic carboxylic acids is 1. The molecule has 0 radical (unpaired) electrons. The number of hydrogen-bond acceptors (Lipinski definition) is 4. The number of imidazole rings is 1. The molecule has 50 heavy (non-hydrogen) atoms. The molecule has 2 heterocycles. The summed E-state index contributed by atoms with van der Waals surface area (Å²) in [6.45, 7) is 8.41. The molecule has 0 saturated heterocycles. The van der Waals surface area contributed by atoms with Crippen LogP contribution in [0, 0.1) is 43.2 Å². The minimum absolute atomic E-state index is 0.0130. The van der Waals surface area contributed by atoms with E-state index in [0.717, 1.165) is 10.8 Å². The van der Waals surface area contributed by atoms with Crippen LogP contribution in [0.15, 0.2) is 60.0 Å². The van der Waals surface area contributed by atoms with Gasteiger partial charge in [0, 0.05) is 36.8 Å². The summed E-state index contributed by atoms with van der Waals surface area (Å²) in [5, 5.41) is 12.4. The van der Waals surface area contributed by atoms with Gasteiger partial charge in [0.05, 0.1) is 29.9 Å². The summed E-state index contributed by atoms with van der Waals surface area (Å²) in [5.74, 6) is 1.39. The fraction of sp³-hybridized carbons (Fsp3) is 0.351. The Morgan fingerprint density at radius 2 is 1.74 bits per heavy atom. The Hall–Kier alpha value is -5.25. The predicted molar refractivity (Wildman–Crippen MR) is 177 cm³/mol. The maximum absolute atomic E-state index is 16.1. The van der Waals surface area contributed by atoms with Crippen LogP contribution >= 0.6 is 0 Å². The first-order valence-electron chi connectivity index (χ1n) is 15.8. The normalized spacial score (nSPS) is 12.7. The average molecular weight is 697 g/mol. The lowest BCUT2D eigenvalue weighted by molar-refractivity contribution is -0.139. The van der Waals surface area contributed by atoms with Gasteiger partial charge in [-0.05, 0) is 91.6 Å². The van der Waals surface area contributed by atoms with Gasteiger partial charge in [-0.1, -0.05) is 19.8 Å². The predicted octanol–water partition coefficient (Wildman–Crippen LogP) is 7.16. The van der Waals surface area contributed by atoms with Gasteiger partial charge in [0.2, 0.25) is 5.91 Å². The Labute approximate surface area is 286 Å². The van der Waals surface area contributed by atoms with Crippen molar-refractivity contribution in [1.29, 1.82) is 0 Å². The van der Waals surface area contributed by atoms with Gasteiger partial charge in [-0.15, -0.1) is 5.92 Å². The molecule has 264 valence electrons. The number of carbonyl (C=O) groups excluding carboxylic acids is 1. The summed E-state index contributed by atoms with van der Waals surface area (Å²) in [6.07, 6.45) is -0.299.